The Morgan fingerprint density at radius 1 is 1.10 bits per heavy atom. The highest BCUT2D eigenvalue weighted by atomic mass is 19.4. The van der Waals surface area contributed by atoms with E-state index in [0.717, 1.165) is 19.2 Å². The second-order valence-corrected chi connectivity index (χ2v) is 6.48. The molecule has 1 N–H and O–H groups in total. The molecule has 0 aliphatic carbocycles. The lowest BCUT2D eigenvalue weighted by Crippen LogP contribution is -2.43. The standard InChI is InChI=1S/C20H19F3N2O6/c1-30-17-8-5-13(10-16(17)25(28)29)9-15(19(27)31-2)24-18(26)11-12-3-6-14(7-4-12)20(21,22)23/h3-8,10,15H,9,11H2,1-2H3,(H,24,26)/t15-/m0/s1. The predicted molar refractivity (Wildman–Crippen MR) is 102 cm³/mol. The van der Waals surface area contributed by atoms with Gasteiger partial charge in [-0.2, -0.15) is 13.2 Å². The number of nitrogens with zero attached hydrogens (tertiary/aromatic N) is 1. The minimum absolute atomic E-state index is 0.0368. The lowest BCUT2D eigenvalue weighted by Gasteiger charge is -2.17. The average Bonchev–Trinajstić information content (AvgIpc) is 2.72. The zero-order valence-electron chi connectivity index (χ0n) is 16.6. The molecule has 2 rings (SSSR count). The molecule has 0 aliphatic rings. The summed E-state index contributed by atoms with van der Waals surface area (Å²) < 4.78 is 47.5. The van der Waals surface area contributed by atoms with Crippen molar-refractivity contribution in [2.24, 2.45) is 0 Å². The monoisotopic (exact) mass is 440 g/mol. The van der Waals surface area contributed by atoms with E-state index in [9.17, 15) is 32.9 Å². The molecular formula is C20H19F3N2O6. The maximum absolute atomic E-state index is 12.6. The van der Waals surface area contributed by atoms with Crippen LogP contribution in [0.2, 0.25) is 0 Å². The van der Waals surface area contributed by atoms with E-state index in [1.165, 1.54) is 37.4 Å². The van der Waals surface area contributed by atoms with Gasteiger partial charge in [-0.15, -0.1) is 0 Å². The summed E-state index contributed by atoms with van der Waals surface area (Å²) in [4.78, 5) is 34.9. The maximum atomic E-state index is 12.6. The first-order chi connectivity index (χ1) is 14.5. The number of hydrogen-bond donors (Lipinski definition) is 1. The van der Waals surface area contributed by atoms with Gasteiger partial charge in [-0.3, -0.25) is 14.9 Å². The highest BCUT2D eigenvalue weighted by molar-refractivity contribution is 5.85. The van der Waals surface area contributed by atoms with E-state index in [4.69, 9.17) is 4.74 Å². The molecule has 1 atom stereocenters. The average molecular weight is 440 g/mol. The Kier molecular flexibility index (Phi) is 7.56. The Bertz CT molecular complexity index is 960. The molecule has 2 aromatic rings. The number of halogens is 3. The zero-order valence-corrected chi connectivity index (χ0v) is 16.6. The lowest BCUT2D eigenvalue weighted by molar-refractivity contribution is -0.385. The van der Waals surface area contributed by atoms with Gasteiger partial charge in [-0.1, -0.05) is 18.2 Å². The van der Waals surface area contributed by atoms with Crippen molar-refractivity contribution in [3.8, 4) is 5.75 Å². The summed E-state index contributed by atoms with van der Waals surface area (Å²) in [6.45, 7) is 0. The number of benzene rings is 2. The van der Waals surface area contributed by atoms with Gasteiger partial charge in [0.1, 0.15) is 6.04 Å². The van der Waals surface area contributed by atoms with Crippen molar-refractivity contribution >= 4 is 17.6 Å². The van der Waals surface area contributed by atoms with E-state index in [0.29, 0.717) is 11.1 Å². The topological polar surface area (TPSA) is 108 Å². The summed E-state index contributed by atoms with van der Waals surface area (Å²) in [5.74, 6) is -1.37. The molecular weight excluding hydrogens is 421 g/mol. The van der Waals surface area contributed by atoms with Crippen LogP contribution in [0.1, 0.15) is 16.7 Å². The lowest BCUT2D eigenvalue weighted by atomic mass is 10.0. The van der Waals surface area contributed by atoms with Crippen LogP contribution in [0.5, 0.6) is 5.75 Å². The minimum Gasteiger partial charge on any atom is -0.490 e. The van der Waals surface area contributed by atoms with Crippen LogP contribution in [0, 0.1) is 10.1 Å². The highest BCUT2D eigenvalue weighted by Crippen LogP contribution is 2.29. The third kappa shape index (κ3) is 6.43. The molecule has 0 fully saturated rings. The van der Waals surface area contributed by atoms with Crippen LogP contribution in [-0.2, 0) is 33.3 Å². The van der Waals surface area contributed by atoms with Crippen LogP contribution in [0.4, 0.5) is 18.9 Å². The number of methoxy groups -OCH3 is 2. The van der Waals surface area contributed by atoms with Gasteiger partial charge in [-0.25, -0.2) is 4.79 Å². The molecule has 0 aromatic heterocycles. The van der Waals surface area contributed by atoms with Crippen LogP contribution < -0.4 is 10.1 Å². The zero-order chi connectivity index (χ0) is 23.2. The molecule has 166 valence electrons. The molecule has 0 aliphatic heterocycles. The molecule has 0 unspecified atom stereocenters. The van der Waals surface area contributed by atoms with Gasteiger partial charge in [0.05, 0.1) is 31.1 Å². The number of alkyl halides is 3. The van der Waals surface area contributed by atoms with Crippen LogP contribution in [0.3, 0.4) is 0 Å². The van der Waals surface area contributed by atoms with Crippen LogP contribution in [0.15, 0.2) is 42.5 Å². The van der Waals surface area contributed by atoms with Crippen molar-refractivity contribution in [3.63, 3.8) is 0 Å². The molecule has 31 heavy (non-hydrogen) atoms. The van der Waals surface area contributed by atoms with Gasteiger partial charge in [0, 0.05) is 12.5 Å². The van der Waals surface area contributed by atoms with Gasteiger partial charge in [0.25, 0.3) is 0 Å². The summed E-state index contributed by atoms with van der Waals surface area (Å²) >= 11 is 0. The maximum Gasteiger partial charge on any atom is 0.416 e. The first-order valence-corrected chi connectivity index (χ1v) is 8.89. The quantitative estimate of drug-likeness (QED) is 0.384. The molecule has 0 radical (unpaired) electrons. The number of carbonyl (C=O) groups excluding carboxylic acids is 2. The summed E-state index contributed by atoms with van der Waals surface area (Å²) in [6.07, 6.45) is -4.86. The molecule has 2 aromatic carbocycles. The molecule has 1 amide bonds. The van der Waals surface area contributed by atoms with Gasteiger partial charge in [-0.05, 0) is 29.3 Å². The third-order valence-electron chi connectivity index (χ3n) is 4.35. The van der Waals surface area contributed by atoms with E-state index in [1.807, 2.05) is 0 Å². The molecule has 0 bridgehead atoms. The number of ether oxygens (including phenoxy) is 2. The normalized spacial score (nSPS) is 12.0. The van der Waals surface area contributed by atoms with Crippen LogP contribution >= 0.6 is 0 Å². The SMILES string of the molecule is COC(=O)[C@H](Cc1ccc(OC)c([N+](=O)[O-])c1)NC(=O)Cc1ccc(C(F)(F)F)cc1. The van der Waals surface area contributed by atoms with E-state index in [1.54, 1.807) is 0 Å². The van der Waals surface area contributed by atoms with E-state index in [2.05, 4.69) is 10.1 Å². The Labute approximate surface area is 175 Å². The van der Waals surface area contributed by atoms with Crippen molar-refractivity contribution in [2.45, 2.75) is 25.1 Å². The van der Waals surface area contributed by atoms with E-state index in [-0.39, 0.29) is 24.3 Å². The molecule has 0 heterocycles. The number of nitrogens with one attached hydrogen (secondary N) is 1. The number of rotatable bonds is 8. The smallest absolute Gasteiger partial charge is 0.416 e. The van der Waals surface area contributed by atoms with Crippen molar-refractivity contribution in [1.82, 2.24) is 5.32 Å². The molecule has 11 heteroatoms. The number of nitro benzene ring substituents is 1. The summed E-state index contributed by atoms with van der Waals surface area (Å²) in [5.41, 5.74) is -0.461. The molecule has 8 nitrogen and oxygen atoms in total. The number of esters is 1. The van der Waals surface area contributed by atoms with Crippen molar-refractivity contribution in [3.05, 3.63) is 69.3 Å². The Morgan fingerprint density at radius 2 is 1.71 bits per heavy atom. The fourth-order valence-electron chi connectivity index (χ4n) is 2.82. The number of hydrogen-bond acceptors (Lipinski definition) is 6. The number of carbonyl (C=O) groups is 2. The fraction of sp³-hybridized carbons (Fsp3) is 0.300. The second-order valence-electron chi connectivity index (χ2n) is 6.48. The van der Waals surface area contributed by atoms with Gasteiger partial charge < -0.3 is 14.8 Å². The molecule has 0 spiro atoms. The number of amides is 1. The van der Waals surface area contributed by atoms with Crippen LogP contribution in [-0.4, -0.2) is 37.1 Å². The minimum atomic E-state index is -4.49. The Hall–Kier alpha value is -3.63. The first kappa shape index (κ1) is 23.6. The predicted octanol–water partition coefficient (Wildman–Crippen LogP) is 3.07. The Balaban J connectivity index is 2.13. The highest BCUT2D eigenvalue weighted by Gasteiger charge is 2.30. The van der Waals surface area contributed by atoms with Crippen molar-refractivity contribution in [1.29, 1.82) is 0 Å². The van der Waals surface area contributed by atoms with Gasteiger partial charge in [0.2, 0.25) is 5.91 Å². The van der Waals surface area contributed by atoms with E-state index >= 15 is 0 Å². The summed E-state index contributed by atoms with van der Waals surface area (Å²) in [7, 11) is 2.40. The fourth-order valence-corrected chi connectivity index (χ4v) is 2.82. The molecule has 0 saturated carbocycles. The molecule has 0 saturated heterocycles. The third-order valence-corrected chi connectivity index (χ3v) is 4.35. The van der Waals surface area contributed by atoms with E-state index < -0.39 is 34.6 Å². The number of nitro groups is 1. The first-order valence-electron chi connectivity index (χ1n) is 8.89. The van der Waals surface area contributed by atoms with Crippen molar-refractivity contribution in [2.75, 3.05) is 14.2 Å². The largest absolute Gasteiger partial charge is 0.490 e. The van der Waals surface area contributed by atoms with Crippen molar-refractivity contribution < 1.29 is 37.2 Å². The Morgan fingerprint density at radius 3 is 2.23 bits per heavy atom. The summed E-state index contributed by atoms with van der Waals surface area (Å²) in [5, 5.41) is 13.6. The second kappa shape index (κ2) is 9.92. The van der Waals surface area contributed by atoms with Gasteiger partial charge >= 0.3 is 17.8 Å². The van der Waals surface area contributed by atoms with Crippen LogP contribution in [0.25, 0.3) is 0 Å². The summed E-state index contributed by atoms with van der Waals surface area (Å²) in [6, 6.07) is 6.99. The van der Waals surface area contributed by atoms with Gasteiger partial charge in [0.15, 0.2) is 5.75 Å².